The first-order valence-corrected chi connectivity index (χ1v) is 7.45. The molecule has 5 heteroatoms. The Morgan fingerprint density at radius 2 is 2.05 bits per heavy atom. The van der Waals surface area contributed by atoms with Crippen molar-refractivity contribution in [2.45, 2.75) is 5.92 Å². The van der Waals surface area contributed by atoms with Gasteiger partial charge in [-0.05, 0) is 35.3 Å². The minimum atomic E-state index is -0.344. The lowest BCUT2D eigenvalue weighted by atomic mass is 9.98. The maximum absolute atomic E-state index is 12.4. The normalized spacial score (nSPS) is 12.2. The fraction of sp³-hybridized carbons (Fsp3) is 0.125. The van der Waals surface area contributed by atoms with Crippen LogP contribution in [0.4, 0.5) is 5.69 Å². The van der Waals surface area contributed by atoms with E-state index in [0.29, 0.717) is 0 Å². The van der Waals surface area contributed by atoms with Crippen molar-refractivity contribution in [2.24, 2.45) is 5.73 Å². The number of nitrogens with two attached hydrogens (primary N) is 1. The Morgan fingerprint density at radius 3 is 2.81 bits per heavy atom. The van der Waals surface area contributed by atoms with Crippen molar-refractivity contribution in [3.63, 3.8) is 0 Å². The lowest BCUT2D eigenvalue weighted by molar-refractivity contribution is -0.117. The van der Waals surface area contributed by atoms with Gasteiger partial charge in [-0.2, -0.15) is 4.37 Å². The lowest BCUT2D eigenvalue weighted by Gasteiger charge is -2.15. The summed E-state index contributed by atoms with van der Waals surface area (Å²) in [5.41, 5.74) is 7.46. The average molecular weight is 297 g/mol. The Balaban J connectivity index is 1.81. The van der Waals surface area contributed by atoms with Crippen LogP contribution < -0.4 is 11.1 Å². The highest BCUT2D eigenvalue weighted by atomic mass is 32.1. The predicted molar refractivity (Wildman–Crippen MR) is 86.5 cm³/mol. The Labute approximate surface area is 126 Å². The lowest BCUT2D eigenvalue weighted by Crippen LogP contribution is -2.27. The Bertz CT molecular complexity index is 754. The van der Waals surface area contributed by atoms with E-state index < -0.39 is 0 Å². The molecule has 3 aromatic rings. The van der Waals surface area contributed by atoms with Gasteiger partial charge in [-0.25, -0.2) is 0 Å². The van der Waals surface area contributed by atoms with Gasteiger partial charge in [0.1, 0.15) is 0 Å². The summed E-state index contributed by atoms with van der Waals surface area (Å²) in [5.74, 6) is -0.434. The molecular formula is C16H15N3OS. The largest absolute Gasteiger partial charge is 0.329 e. The number of benzene rings is 2. The number of fused-ring (bicyclic) bond motifs is 1. The average Bonchev–Trinajstić information content (AvgIpc) is 2.96. The second-order valence-electron chi connectivity index (χ2n) is 4.77. The molecule has 0 saturated carbocycles. The van der Waals surface area contributed by atoms with E-state index in [-0.39, 0.29) is 18.4 Å². The number of nitrogens with zero attached hydrogens (tertiary/aromatic N) is 1. The van der Waals surface area contributed by atoms with Crippen LogP contribution in [0.1, 0.15) is 11.5 Å². The fourth-order valence-electron chi connectivity index (χ4n) is 2.25. The van der Waals surface area contributed by atoms with Crippen molar-refractivity contribution in [1.82, 2.24) is 4.37 Å². The van der Waals surface area contributed by atoms with E-state index in [1.54, 1.807) is 0 Å². The van der Waals surface area contributed by atoms with Crippen molar-refractivity contribution in [1.29, 1.82) is 0 Å². The number of hydrogen-bond donors (Lipinski definition) is 2. The number of hydrogen-bond acceptors (Lipinski definition) is 4. The summed E-state index contributed by atoms with van der Waals surface area (Å²) in [5, 5.41) is 4.01. The molecule has 3 rings (SSSR count). The second-order valence-corrected chi connectivity index (χ2v) is 5.60. The minimum absolute atomic E-state index is 0.0902. The zero-order valence-electron chi connectivity index (χ0n) is 11.3. The molecule has 0 saturated heterocycles. The van der Waals surface area contributed by atoms with Crippen LogP contribution in [-0.2, 0) is 4.79 Å². The number of amides is 1. The van der Waals surface area contributed by atoms with Crippen LogP contribution in [0.2, 0.25) is 0 Å². The molecule has 0 aliphatic rings. The molecule has 4 nitrogen and oxygen atoms in total. The summed E-state index contributed by atoms with van der Waals surface area (Å²) in [6.07, 6.45) is 1.82. The van der Waals surface area contributed by atoms with E-state index in [1.165, 1.54) is 11.5 Å². The molecular weight excluding hydrogens is 282 g/mol. The first-order chi connectivity index (χ1) is 10.3. The molecule has 0 aliphatic heterocycles. The van der Waals surface area contributed by atoms with E-state index >= 15 is 0 Å². The summed E-state index contributed by atoms with van der Waals surface area (Å²) >= 11 is 1.41. The summed E-state index contributed by atoms with van der Waals surface area (Å²) < 4.78 is 5.18. The standard InChI is InChI=1S/C16H15N3OS/c17-9-14(11-4-2-1-3-5-11)16(20)19-13-7-6-12-10-18-21-15(12)8-13/h1-8,10,14H,9,17H2,(H,19,20)/t14-/m1/s1. The maximum Gasteiger partial charge on any atom is 0.233 e. The van der Waals surface area contributed by atoms with Gasteiger partial charge in [-0.1, -0.05) is 30.3 Å². The topological polar surface area (TPSA) is 68.0 Å². The molecule has 3 N–H and O–H groups in total. The minimum Gasteiger partial charge on any atom is -0.329 e. The van der Waals surface area contributed by atoms with Crippen LogP contribution in [-0.4, -0.2) is 16.8 Å². The molecule has 0 unspecified atom stereocenters. The number of anilines is 1. The molecule has 106 valence electrons. The molecule has 1 heterocycles. The van der Waals surface area contributed by atoms with Gasteiger partial charge in [0.2, 0.25) is 5.91 Å². The third kappa shape index (κ3) is 2.94. The van der Waals surface area contributed by atoms with Crippen LogP contribution >= 0.6 is 11.5 Å². The third-order valence-corrected chi connectivity index (χ3v) is 4.14. The van der Waals surface area contributed by atoms with Crippen LogP contribution in [0.25, 0.3) is 10.1 Å². The molecule has 0 spiro atoms. The van der Waals surface area contributed by atoms with E-state index in [9.17, 15) is 4.79 Å². The molecule has 1 aromatic heterocycles. The fourth-order valence-corrected chi connectivity index (χ4v) is 2.93. The van der Waals surface area contributed by atoms with Crippen molar-refractivity contribution in [2.75, 3.05) is 11.9 Å². The molecule has 0 aliphatic carbocycles. The summed E-state index contributed by atoms with van der Waals surface area (Å²) in [7, 11) is 0. The van der Waals surface area contributed by atoms with Gasteiger partial charge in [0.05, 0.1) is 10.6 Å². The highest BCUT2D eigenvalue weighted by molar-refractivity contribution is 7.13. The number of carbonyl (C=O) groups is 1. The number of rotatable bonds is 4. The maximum atomic E-state index is 12.4. The van der Waals surface area contributed by atoms with Crippen molar-refractivity contribution in [3.8, 4) is 0 Å². The first-order valence-electron chi connectivity index (χ1n) is 6.68. The van der Waals surface area contributed by atoms with Crippen molar-refractivity contribution < 1.29 is 4.79 Å². The van der Waals surface area contributed by atoms with E-state index in [0.717, 1.165) is 21.3 Å². The van der Waals surface area contributed by atoms with Gasteiger partial charge in [0, 0.05) is 23.8 Å². The van der Waals surface area contributed by atoms with Crippen LogP contribution in [0.5, 0.6) is 0 Å². The van der Waals surface area contributed by atoms with Crippen LogP contribution in [0.3, 0.4) is 0 Å². The van der Waals surface area contributed by atoms with Gasteiger partial charge in [-0.3, -0.25) is 4.79 Å². The van der Waals surface area contributed by atoms with E-state index in [2.05, 4.69) is 9.69 Å². The Morgan fingerprint density at radius 1 is 1.24 bits per heavy atom. The first kappa shape index (κ1) is 13.7. The Kier molecular flexibility index (Phi) is 3.94. The molecule has 2 aromatic carbocycles. The second kappa shape index (κ2) is 6.03. The molecule has 1 amide bonds. The van der Waals surface area contributed by atoms with Gasteiger partial charge < -0.3 is 11.1 Å². The monoisotopic (exact) mass is 297 g/mol. The molecule has 0 bridgehead atoms. The zero-order chi connectivity index (χ0) is 14.7. The van der Waals surface area contributed by atoms with Crippen molar-refractivity contribution >= 4 is 33.2 Å². The van der Waals surface area contributed by atoms with Gasteiger partial charge >= 0.3 is 0 Å². The number of aromatic nitrogens is 1. The molecule has 21 heavy (non-hydrogen) atoms. The number of carbonyl (C=O) groups excluding carboxylic acids is 1. The quantitative estimate of drug-likeness (QED) is 0.778. The molecule has 0 fully saturated rings. The highest BCUT2D eigenvalue weighted by Crippen LogP contribution is 2.23. The van der Waals surface area contributed by atoms with Gasteiger partial charge in [-0.15, -0.1) is 0 Å². The van der Waals surface area contributed by atoms with Gasteiger partial charge in [0.25, 0.3) is 0 Å². The molecule has 1 atom stereocenters. The Hall–Kier alpha value is -2.24. The third-order valence-electron chi connectivity index (χ3n) is 3.38. The van der Waals surface area contributed by atoms with E-state index in [4.69, 9.17) is 5.73 Å². The predicted octanol–water partition coefficient (Wildman–Crippen LogP) is 2.98. The number of nitrogens with one attached hydrogen (secondary N) is 1. The highest BCUT2D eigenvalue weighted by Gasteiger charge is 2.18. The van der Waals surface area contributed by atoms with Crippen LogP contribution in [0.15, 0.2) is 54.7 Å². The van der Waals surface area contributed by atoms with Crippen molar-refractivity contribution in [3.05, 3.63) is 60.3 Å². The molecule has 0 radical (unpaired) electrons. The van der Waals surface area contributed by atoms with E-state index in [1.807, 2.05) is 54.7 Å². The zero-order valence-corrected chi connectivity index (χ0v) is 12.1. The SMILES string of the molecule is NC[C@@H](C(=O)Nc1ccc2cnsc2c1)c1ccccc1. The summed E-state index contributed by atoms with van der Waals surface area (Å²) in [6, 6.07) is 15.4. The summed E-state index contributed by atoms with van der Waals surface area (Å²) in [6.45, 7) is 0.276. The van der Waals surface area contributed by atoms with Crippen LogP contribution in [0, 0.1) is 0 Å². The smallest absolute Gasteiger partial charge is 0.233 e. The summed E-state index contributed by atoms with van der Waals surface area (Å²) in [4.78, 5) is 12.4. The van der Waals surface area contributed by atoms with Gasteiger partial charge in [0.15, 0.2) is 0 Å².